The van der Waals surface area contributed by atoms with Crippen LogP contribution in [0.25, 0.3) is 0 Å². The second kappa shape index (κ2) is 5.99. The number of carbonyl (C=O) groups excluding carboxylic acids is 1. The van der Waals surface area contributed by atoms with Gasteiger partial charge in [0.15, 0.2) is 6.04 Å². The lowest BCUT2D eigenvalue weighted by Gasteiger charge is -2.42. The van der Waals surface area contributed by atoms with Gasteiger partial charge in [-0.15, -0.1) is 0 Å². The first-order valence-electron chi connectivity index (χ1n) is 7.33. The normalized spacial score (nSPS) is 26.4. The Kier molecular flexibility index (Phi) is 4.52. The summed E-state index contributed by atoms with van der Waals surface area (Å²) >= 11 is 0. The molecule has 0 aromatic carbocycles. The highest BCUT2D eigenvalue weighted by molar-refractivity contribution is 5.83. The maximum Gasteiger partial charge on any atom is 0.328 e. The van der Waals surface area contributed by atoms with E-state index in [0.717, 1.165) is 19.3 Å². The number of amides is 2. The van der Waals surface area contributed by atoms with E-state index < -0.39 is 12.0 Å². The van der Waals surface area contributed by atoms with Crippen LogP contribution in [0.5, 0.6) is 0 Å². The number of carboxylic acid groups (broad SMARTS) is 1. The molecule has 2 saturated heterocycles. The quantitative estimate of drug-likeness (QED) is 0.832. The number of carboxylic acids is 1. The molecule has 0 spiro atoms. The number of ether oxygens (including phenoxy) is 1. The summed E-state index contributed by atoms with van der Waals surface area (Å²) in [6, 6.07) is -1.01. The highest BCUT2D eigenvalue weighted by Gasteiger charge is 2.37. The number of rotatable bonds is 2. The van der Waals surface area contributed by atoms with Crippen LogP contribution in [0.15, 0.2) is 0 Å². The Hall–Kier alpha value is -1.30. The molecule has 2 heterocycles. The van der Waals surface area contributed by atoms with Crippen molar-refractivity contribution in [2.24, 2.45) is 5.41 Å². The van der Waals surface area contributed by atoms with Gasteiger partial charge >= 0.3 is 12.0 Å². The van der Waals surface area contributed by atoms with Gasteiger partial charge in [-0.3, -0.25) is 0 Å². The molecule has 1 unspecified atom stereocenters. The van der Waals surface area contributed by atoms with Crippen LogP contribution in [-0.2, 0) is 9.53 Å². The van der Waals surface area contributed by atoms with E-state index in [0.29, 0.717) is 31.7 Å². The molecule has 114 valence electrons. The van der Waals surface area contributed by atoms with Crippen molar-refractivity contribution >= 4 is 12.0 Å². The van der Waals surface area contributed by atoms with E-state index in [4.69, 9.17) is 4.74 Å². The number of hydrogen-bond donors (Lipinski definition) is 1. The lowest BCUT2D eigenvalue weighted by atomic mass is 9.78. The number of aliphatic carboxylic acids is 1. The van der Waals surface area contributed by atoms with Crippen molar-refractivity contribution < 1.29 is 19.4 Å². The Balaban J connectivity index is 1.98. The molecule has 2 aliphatic rings. The molecule has 0 aromatic heterocycles. The smallest absolute Gasteiger partial charge is 0.328 e. The highest BCUT2D eigenvalue weighted by atomic mass is 16.5. The maximum absolute atomic E-state index is 12.5. The summed E-state index contributed by atoms with van der Waals surface area (Å²) in [5.41, 5.74) is 0.313. The Morgan fingerprint density at radius 1 is 1.30 bits per heavy atom. The fourth-order valence-corrected chi connectivity index (χ4v) is 2.81. The van der Waals surface area contributed by atoms with Gasteiger partial charge in [0.1, 0.15) is 0 Å². The average Bonchev–Trinajstić information content (AvgIpc) is 2.47. The lowest BCUT2D eigenvalue weighted by molar-refractivity contribution is -0.147. The minimum absolute atomic E-state index is 0.0849. The number of nitrogens with zero attached hydrogens (tertiary/aromatic N) is 2. The lowest BCUT2D eigenvalue weighted by Crippen LogP contribution is -2.58. The molecule has 1 N–H and O–H groups in total. The summed E-state index contributed by atoms with van der Waals surface area (Å²) in [5.74, 6) is -0.992. The summed E-state index contributed by atoms with van der Waals surface area (Å²) in [4.78, 5) is 26.9. The van der Waals surface area contributed by atoms with Crippen molar-refractivity contribution in [2.45, 2.75) is 39.2 Å². The standard InChI is InChI=1S/C14H24N2O4/c1-3-14(2)4-6-15(7-5-14)13(19)16-8-9-20-10-11(16)12(17)18/h11H,3-10H2,1-2H3,(H,17,18). The molecule has 6 heteroatoms. The van der Waals surface area contributed by atoms with Crippen molar-refractivity contribution in [1.82, 2.24) is 9.80 Å². The summed E-state index contributed by atoms with van der Waals surface area (Å²) in [6.07, 6.45) is 3.08. The van der Waals surface area contributed by atoms with Crippen LogP contribution in [-0.4, -0.2) is 65.8 Å². The Labute approximate surface area is 119 Å². The third-order valence-corrected chi connectivity index (χ3v) is 4.75. The van der Waals surface area contributed by atoms with Crippen LogP contribution in [0.3, 0.4) is 0 Å². The van der Waals surface area contributed by atoms with Gasteiger partial charge in [0.05, 0.1) is 13.2 Å². The Morgan fingerprint density at radius 2 is 1.95 bits per heavy atom. The van der Waals surface area contributed by atoms with Crippen molar-refractivity contribution in [3.05, 3.63) is 0 Å². The second-order valence-electron chi connectivity index (χ2n) is 6.06. The summed E-state index contributed by atoms with van der Waals surface area (Å²) in [6.45, 7) is 6.72. The second-order valence-corrected chi connectivity index (χ2v) is 6.06. The third-order valence-electron chi connectivity index (χ3n) is 4.75. The molecule has 6 nitrogen and oxygen atoms in total. The molecule has 0 saturated carbocycles. The molecular formula is C14H24N2O4. The molecule has 1 atom stereocenters. The number of likely N-dealkylation sites (tertiary alicyclic amines) is 1. The van der Waals surface area contributed by atoms with Crippen LogP contribution < -0.4 is 0 Å². The van der Waals surface area contributed by atoms with Gasteiger partial charge in [-0.2, -0.15) is 0 Å². The predicted octanol–water partition coefficient (Wildman–Crippen LogP) is 1.40. The first kappa shape index (κ1) is 15.1. The molecule has 0 aromatic rings. The molecule has 2 amide bonds. The number of morpholine rings is 1. The molecule has 0 bridgehead atoms. The monoisotopic (exact) mass is 284 g/mol. The molecule has 20 heavy (non-hydrogen) atoms. The largest absolute Gasteiger partial charge is 0.480 e. The van der Waals surface area contributed by atoms with Crippen molar-refractivity contribution in [3.63, 3.8) is 0 Å². The number of urea groups is 1. The molecule has 2 rings (SSSR count). The first-order chi connectivity index (χ1) is 9.47. The van der Waals surface area contributed by atoms with Crippen molar-refractivity contribution in [1.29, 1.82) is 0 Å². The predicted molar refractivity (Wildman–Crippen MR) is 73.5 cm³/mol. The van der Waals surface area contributed by atoms with E-state index in [1.807, 2.05) is 0 Å². The van der Waals surface area contributed by atoms with Gasteiger partial charge in [0.25, 0.3) is 0 Å². The number of piperidine rings is 1. The van der Waals surface area contributed by atoms with E-state index in [1.54, 1.807) is 4.90 Å². The summed E-state index contributed by atoms with van der Waals surface area (Å²) in [5, 5.41) is 9.18. The summed E-state index contributed by atoms with van der Waals surface area (Å²) in [7, 11) is 0. The van der Waals surface area contributed by atoms with Crippen molar-refractivity contribution in [3.8, 4) is 0 Å². The van der Waals surface area contributed by atoms with Crippen LogP contribution in [0.4, 0.5) is 4.79 Å². The van der Waals surface area contributed by atoms with E-state index in [-0.39, 0.29) is 12.6 Å². The average molecular weight is 284 g/mol. The van der Waals surface area contributed by atoms with Crippen LogP contribution >= 0.6 is 0 Å². The van der Waals surface area contributed by atoms with Crippen LogP contribution in [0, 0.1) is 5.41 Å². The van der Waals surface area contributed by atoms with Gasteiger partial charge in [0.2, 0.25) is 0 Å². The fraction of sp³-hybridized carbons (Fsp3) is 0.857. The SMILES string of the molecule is CCC1(C)CCN(C(=O)N2CCOCC2C(=O)O)CC1. The minimum atomic E-state index is -0.992. The molecule has 2 fully saturated rings. The number of carbonyl (C=O) groups is 2. The fourth-order valence-electron chi connectivity index (χ4n) is 2.81. The van der Waals surface area contributed by atoms with E-state index in [9.17, 15) is 14.7 Å². The number of hydrogen-bond acceptors (Lipinski definition) is 3. The summed E-state index contributed by atoms with van der Waals surface area (Å²) < 4.78 is 5.17. The highest BCUT2D eigenvalue weighted by Crippen LogP contribution is 2.34. The first-order valence-corrected chi connectivity index (χ1v) is 7.33. The van der Waals surface area contributed by atoms with E-state index in [2.05, 4.69) is 13.8 Å². The van der Waals surface area contributed by atoms with Gasteiger partial charge in [-0.05, 0) is 18.3 Å². The van der Waals surface area contributed by atoms with E-state index in [1.165, 1.54) is 4.90 Å². The Morgan fingerprint density at radius 3 is 2.50 bits per heavy atom. The maximum atomic E-state index is 12.5. The van der Waals surface area contributed by atoms with Gasteiger partial charge in [0, 0.05) is 19.6 Å². The minimum Gasteiger partial charge on any atom is -0.480 e. The molecule has 2 aliphatic heterocycles. The van der Waals surface area contributed by atoms with Gasteiger partial charge < -0.3 is 19.6 Å². The van der Waals surface area contributed by atoms with Gasteiger partial charge in [-0.1, -0.05) is 20.3 Å². The zero-order chi connectivity index (χ0) is 14.8. The molecular weight excluding hydrogens is 260 g/mol. The van der Waals surface area contributed by atoms with Crippen molar-refractivity contribution in [2.75, 3.05) is 32.8 Å². The van der Waals surface area contributed by atoms with Crippen LogP contribution in [0.1, 0.15) is 33.1 Å². The van der Waals surface area contributed by atoms with Crippen LogP contribution in [0.2, 0.25) is 0 Å². The zero-order valence-corrected chi connectivity index (χ0v) is 12.3. The van der Waals surface area contributed by atoms with Gasteiger partial charge in [-0.25, -0.2) is 9.59 Å². The Bertz CT molecular complexity index is 377. The molecule has 0 radical (unpaired) electrons. The zero-order valence-electron chi connectivity index (χ0n) is 12.3. The van der Waals surface area contributed by atoms with E-state index >= 15 is 0 Å². The molecule has 0 aliphatic carbocycles. The third kappa shape index (κ3) is 3.06. The topological polar surface area (TPSA) is 70.1 Å².